The molecule has 0 bridgehead atoms. The molecule has 0 spiro atoms. The Morgan fingerprint density at radius 2 is 1.16 bits per heavy atom. The Balaban J connectivity index is 1.78. The summed E-state index contributed by atoms with van der Waals surface area (Å²) in [6.07, 6.45) is 0. The van der Waals surface area contributed by atoms with Crippen molar-refractivity contribution in [1.29, 1.82) is 0 Å². The summed E-state index contributed by atoms with van der Waals surface area (Å²) in [5.74, 6) is -0.710. The van der Waals surface area contributed by atoms with E-state index in [0.29, 0.717) is 0 Å². The van der Waals surface area contributed by atoms with Crippen LogP contribution >= 0.6 is 23.2 Å². The van der Waals surface area contributed by atoms with E-state index >= 15 is 0 Å². The van der Waals surface area contributed by atoms with Gasteiger partial charge in [0, 0.05) is 48.4 Å². The van der Waals surface area contributed by atoms with Gasteiger partial charge in [0.1, 0.15) is 10.0 Å². The molecule has 0 aromatic heterocycles. The Kier molecular flexibility index (Phi) is 6.65. The van der Waals surface area contributed by atoms with E-state index in [0.717, 1.165) is 0 Å². The minimum absolute atomic E-state index is 0.134. The number of carbonyl (C=O) groups is 2. The van der Waals surface area contributed by atoms with Crippen LogP contribution in [0.15, 0.2) is 36.4 Å². The van der Waals surface area contributed by atoms with Crippen LogP contribution in [0.5, 0.6) is 0 Å². The van der Waals surface area contributed by atoms with Crippen LogP contribution in [0, 0.1) is 20.2 Å². The highest BCUT2D eigenvalue weighted by Crippen LogP contribution is 2.29. The summed E-state index contributed by atoms with van der Waals surface area (Å²) in [7, 11) is 0. The number of amides is 2. The van der Waals surface area contributed by atoms with E-state index in [1.807, 2.05) is 0 Å². The highest BCUT2D eigenvalue weighted by Gasteiger charge is 2.35. The third kappa shape index (κ3) is 4.51. The van der Waals surface area contributed by atoms with Crippen molar-refractivity contribution in [3.05, 3.63) is 77.8 Å². The van der Waals surface area contributed by atoms with Crippen LogP contribution in [0.3, 0.4) is 0 Å². The molecular formula is C20H18Cl2N4O6. The van der Waals surface area contributed by atoms with Crippen LogP contribution in [0.25, 0.3) is 0 Å². The lowest BCUT2D eigenvalue weighted by Gasteiger charge is -2.44. The van der Waals surface area contributed by atoms with E-state index in [1.54, 1.807) is 23.6 Å². The molecule has 2 atom stereocenters. The van der Waals surface area contributed by atoms with Gasteiger partial charge >= 0.3 is 0 Å². The van der Waals surface area contributed by atoms with E-state index in [1.165, 1.54) is 36.4 Å². The number of nitrogens with zero attached hydrogens (tertiary/aromatic N) is 4. The molecule has 0 saturated carbocycles. The van der Waals surface area contributed by atoms with Crippen molar-refractivity contribution in [3.8, 4) is 0 Å². The molecule has 0 aliphatic carbocycles. The fourth-order valence-electron chi connectivity index (χ4n) is 3.60. The SMILES string of the molecule is CC1CN(C(=O)c2ccc([N+](=O)[O-])c(Cl)c2)C(C)CN1C(=O)c1ccc([N+](=O)[O-])c(Cl)c1. The van der Waals surface area contributed by atoms with Crippen molar-refractivity contribution in [3.63, 3.8) is 0 Å². The fourth-order valence-corrected chi connectivity index (χ4v) is 4.10. The number of rotatable bonds is 4. The summed E-state index contributed by atoms with van der Waals surface area (Å²) in [5.41, 5.74) is -0.160. The molecule has 1 fully saturated rings. The molecule has 2 unspecified atom stereocenters. The predicted octanol–water partition coefficient (Wildman–Crippen LogP) is 4.19. The molecule has 1 saturated heterocycles. The Hall–Kier alpha value is -3.24. The first-order valence-electron chi connectivity index (χ1n) is 9.51. The molecule has 168 valence electrons. The predicted molar refractivity (Wildman–Crippen MR) is 117 cm³/mol. The van der Waals surface area contributed by atoms with Crippen molar-refractivity contribution in [2.75, 3.05) is 13.1 Å². The number of nitro benzene ring substituents is 2. The largest absolute Gasteiger partial charge is 0.332 e. The van der Waals surface area contributed by atoms with Crippen molar-refractivity contribution in [2.45, 2.75) is 25.9 Å². The highest BCUT2D eigenvalue weighted by molar-refractivity contribution is 6.33. The standard InChI is InChI=1S/C20H18Cl2N4O6/c1-11-9-24(20(28)14-4-6-18(26(31)32)16(22)8-14)12(2)10-23(11)19(27)13-3-5-17(25(29)30)15(21)7-13/h3-8,11-12H,9-10H2,1-2H3. The molecule has 2 aromatic carbocycles. The fraction of sp³-hybridized carbons (Fsp3) is 0.300. The van der Waals surface area contributed by atoms with Crippen LogP contribution in [0.4, 0.5) is 11.4 Å². The maximum absolute atomic E-state index is 13.0. The first kappa shape index (κ1) is 23.4. The third-order valence-electron chi connectivity index (χ3n) is 5.29. The van der Waals surface area contributed by atoms with E-state index in [4.69, 9.17) is 23.2 Å². The second-order valence-electron chi connectivity index (χ2n) is 7.46. The zero-order valence-corrected chi connectivity index (χ0v) is 18.5. The van der Waals surface area contributed by atoms with Gasteiger partial charge in [-0.25, -0.2) is 0 Å². The van der Waals surface area contributed by atoms with Crippen molar-refractivity contribution >= 4 is 46.4 Å². The van der Waals surface area contributed by atoms with E-state index in [-0.39, 0.29) is 69.5 Å². The maximum Gasteiger partial charge on any atom is 0.287 e. The molecule has 0 N–H and O–H groups in total. The maximum atomic E-state index is 13.0. The molecule has 1 aliphatic rings. The van der Waals surface area contributed by atoms with Gasteiger partial charge in [0.05, 0.1) is 9.85 Å². The Bertz CT molecular complexity index is 1040. The average Bonchev–Trinajstić information content (AvgIpc) is 2.73. The van der Waals surface area contributed by atoms with Gasteiger partial charge in [-0.3, -0.25) is 29.8 Å². The zero-order valence-electron chi connectivity index (χ0n) is 17.0. The number of halogens is 2. The lowest BCUT2D eigenvalue weighted by Crippen LogP contribution is -2.59. The Labute approximate surface area is 192 Å². The Morgan fingerprint density at radius 1 is 0.812 bits per heavy atom. The van der Waals surface area contributed by atoms with Crippen LogP contribution in [0.2, 0.25) is 10.0 Å². The second kappa shape index (κ2) is 9.09. The molecule has 12 heteroatoms. The van der Waals surface area contributed by atoms with Crippen LogP contribution < -0.4 is 0 Å². The highest BCUT2D eigenvalue weighted by atomic mass is 35.5. The summed E-state index contributed by atoms with van der Waals surface area (Å²) >= 11 is 11.9. The molecule has 0 radical (unpaired) electrons. The summed E-state index contributed by atoms with van der Waals surface area (Å²) in [6.45, 7) is 4.00. The molecule has 1 aliphatic heterocycles. The van der Waals surface area contributed by atoms with Gasteiger partial charge in [0.2, 0.25) is 0 Å². The monoisotopic (exact) mass is 480 g/mol. The zero-order chi connectivity index (χ0) is 23.7. The van der Waals surface area contributed by atoms with Gasteiger partial charge in [-0.15, -0.1) is 0 Å². The number of nitro groups is 2. The van der Waals surface area contributed by atoms with E-state index in [2.05, 4.69) is 0 Å². The van der Waals surface area contributed by atoms with Crippen molar-refractivity contribution in [1.82, 2.24) is 9.80 Å². The normalized spacial score (nSPS) is 18.4. The molecule has 32 heavy (non-hydrogen) atoms. The Morgan fingerprint density at radius 3 is 1.44 bits per heavy atom. The third-order valence-corrected chi connectivity index (χ3v) is 5.90. The first-order chi connectivity index (χ1) is 15.0. The number of benzene rings is 2. The minimum atomic E-state index is -0.629. The van der Waals surface area contributed by atoms with E-state index in [9.17, 15) is 29.8 Å². The lowest BCUT2D eigenvalue weighted by atomic mass is 10.0. The molecular weight excluding hydrogens is 463 g/mol. The van der Waals surface area contributed by atoms with Crippen LogP contribution in [-0.2, 0) is 0 Å². The minimum Gasteiger partial charge on any atom is -0.332 e. The van der Waals surface area contributed by atoms with Gasteiger partial charge in [0.15, 0.2) is 0 Å². The van der Waals surface area contributed by atoms with Gasteiger partial charge < -0.3 is 9.80 Å². The van der Waals surface area contributed by atoms with Crippen molar-refractivity contribution < 1.29 is 19.4 Å². The summed E-state index contributed by atoms with van der Waals surface area (Å²) in [5, 5.41) is 21.6. The van der Waals surface area contributed by atoms with Gasteiger partial charge in [-0.05, 0) is 38.1 Å². The van der Waals surface area contributed by atoms with Crippen LogP contribution in [-0.4, -0.2) is 56.6 Å². The van der Waals surface area contributed by atoms with Gasteiger partial charge in [-0.1, -0.05) is 23.2 Å². The summed E-state index contributed by atoms with van der Waals surface area (Å²) in [6, 6.07) is 6.87. The smallest absolute Gasteiger partial charge is 0.287 e. The molecule has 2 aromatic rings. The molecule has 10 nitrogen and oxygen atoms in total. The van der Waals surface area contributed by atoms with Crippen molar-refractivity contribution in [2.24, 2.45) is 0 Å². The topological polar surface area (TPSA) is 127 Å². The molecule has 3 rings (SSSR count). The number of hydrogen-bond acceptors (Lipinski definition) is 6. The number of hydrogen-bond donors (Lipinski definition) is 0. The number of piperazine rings is 1. The van der Waals surface area contributed by atoms with Gasteiger partial charge in [0.25, 0.3) is 23.2 Å². The second-order valence-corrected chi connectivity index (χ2v) is 8.27. The molecule has 1 heterocycles. The van der Waals surface area contributed by atoms with Crippen LogP contribution in [0.1, 0.15) is 34.6 Å². The quantitative estimate of drug-likeness (QED) is 0.476. The molecule has 2 amide bonds. The summed E-state index contributed by atoms with van der Waals surface area (Å²) < 4.78 is 0. The van der Waals surface area contributed by atoms with E-state index < -0.39 is 9.85 Å². The summed E-state index contributed by atoms with van der Waals surface area (Å²) in [4.78, 5) is 49.8. The first-order valence-corrected chi connectivity index (χ1v) is 10.3. The average molecular weight is 481 g/mol. The lowest BCUT2D eigenvalue weighted by molar-refractivity contribution is -0.384. The van der Waals surface area contributed by atoms with Gasteiger partial charge in [-0.2, -0.15) is 0 Å². The number of carbonyl (C=O) groups excluding carboxylic acids is 2.